The van der Waals surface area contributed by atoms with E-state index in [0.29, 0.717) is 35.5 Å². The lowest BCUT2D eigenvalue weighted by atomic mass is 9.68. The summed E-state index contributed by atoms with van der Waals surface area (Å²) < 4.78 is 13.6. The van der Waals surface area contributed by atoms with Gasteiger partial charge in [0.05, 0.1) is 17.6 Å². The highest BCUT2D eigenvalue weighted by Gasteiger charge is 2.45. The average molecular weight is 422 g/mol. The lowest BCUT2D eigenvalue weighted by Gasteiger charge is -2.43. The molecule has 1 aliphatic heterocycles. The van der Waals surface area contributed by atoms with Crippen molar-refractivity contribution in [1.82, 2.24) is 0 Å². The number of benzene rings is 1. The van der Waals surface area contributed by atoms with Crippen LogP contribution < -0.4 is 10.6 Å². The molecule has 0 fully saturated rings. The highest BCUT2D eigenvalue weighted by atomic mass is 32.1. The standard InChI is InChI=1S/C24H24FN3OS/c1-13-9-17(14(2)30-13)21-18(12-26)23(27)28(16-7-5-15(25)6-8-16)19-10-24(3,4)11-20(29)22(19)21/h5-9,21H,10-11,27H2,1-4H3/t21-/m1/s1. The number of thiophene rings is 1. The van der Waals surface area contributed by atoms with Gasteiger partial charge in [-0.15, -0.1) is 11.3 Å². The fraction of sp³-hybridized carbons (Fsp3) is 0.333. The number of anilines is 1. The Kier molecular flexibility index (Phi) is 4.82. The molecule has 154 valence electrons. The second-order valence-electron chi connectivity index (χ2n) is 8.83. The van der Waals surface area contributed by atoms with Crippen molar-refractivity contribution in [3.8, 4) is 6.07 Å². The zero-order chi connectivity index (χ0) is 21.8. The van der Waals surface area contributed by atoms with E-state index in [1.807, 2.05) is 13.8 Å². The molecule has 2 heterocycles. The van der Waals surface area contributed by atoms with Crippen LogP contribution in [-0.4, -0.2) is 5.78 Å². The van der Waals surface area contributed by atoms with E-state index in [9.17, 15) is 14.4 Å². The molecular formula is C24H24FN3OS. The number of rotatable bonds is 2. The van der Waals surface area contributed by atoms with Crippen molar-refractivity contribution in [2.75, 3.05) is 4.90 Å². The fourth-order valence-electron chi connectivity index (χ4n) is 4.64. The molecule has 0 radical (unpaired) electrons. The molecule has 0 spiro atoms. The molecule has 4 rings (SSSR count). The van der Waals surface area contributed by atoms with Crippen LogP contribution in [0.3, 0.4) is 0 Å². The molecule has 2 N–H and O–H groups in total. The SMILES string of the molecule is Cc1cc([C@@H]2C(C#N)=C(N)N(c3ccc(F)cc3)C3=C2C(=O)CC(C)(C)C3)c(C)s1. The third-order valence-electron chi connectivity index (χ3n) is 5.86. The van der Waals surface area contributed by atoms with Gasteiger partial charge in [-0.2, -0.15) is 5.26 Å². The molecule has 6 heteroatoms. The van der Waals surface area contributed by atoms with Gasteiger partial charge in [-0.1, -0.05) is 13.8 Å². The molecule has 0 saturated carbocycles. The third-order valence-corrected chi connectivity index (χ3v) is 6.84. The monoisotopic (exact) mass is 421 g/mol. The average Bonchev–Trinajstić information content (AvgIpc) is 2.99. The number of hydrogen-bond acceptors (Lipinski definition) is 5. The van der Waals surface area contributed by atoms with Gasteiger partial charge in [0.2, 0.25) is 0 Å². The maximum absolute atomic E-state index is 13.6. The van der Waals surface area contributed by atoms with E-state index < -0.39 is 5.92 Å². The van der Waals surface area contributed by atoms with Gasteiger partial charge in [0.25, 0.3) is 0 Å². The Labute approximate surface area is 180 Å². The minimum Gasteiger partial charge on any atom is -0.384 e. The zero-order valence-corrected chi connectivity index (χ0v) is 18.4. The van der Waals surface area contributed by atoms with E-state index in [-0.39, 0.29) is 17.0 Å². The van der Waals surface area contributed by atoms with Gasteiger partial charge in [0.15, 0.2) is 5.78 Å². The zero-order valence-electron chi connectivity index (χ0n) is 17.5. The van der Waals surface area contributed by atoms with E-state index in [0.717, 1.165) is 21.0 Å². The Morgan fingerprint density at radius 2 is 1.90 bits per heavy atom. The first-order chi connectivity index (χ1) is 14.1. The Morgan fingerprint density at radius 3 is 2.47 bits per heavy atom. The number of aryl methyl sites for hydroxylation is 2. The Bertz CT molecular complexity index is 1150. The first kappa shape index (κ1) is 20.4. The lowest BCUT2D eigenvalue weighted by molar-refractivity contribution is -0.118. The minimum atomic E-state index is -0.463. The Morgan fingerprint density at radius 1 is 1.23 bits per heavy atom. The molecule has 1 aromatic heterocycles. The Hall–Kier alpha value is -2.91. The number of carbonyl (C=O) groups excluding carboxylic acids is 1. The van der Waals surface area contributed by atoms with Gasteiger partial charge in [-0.3, -0.25) is 9.69 Å². The van der Waals surface area contributed by atoms with Crippen molar-refractivity contribution < 1.29 is 9.18 Å². The molecule has 1 aliphatic carbocycles. The molecule has 0 unspecified atom stereocenters. The molecule has 2 aliphatic rings. The molecule has 30 heavy (non-hydrogen) atoms. The molecule has 1 atom stereocenters. The van der Waals surface area contributed by atoms with E-state index in [1.54, 1.807) is 28.4 Å². The summed E-state index contributed by atoms with van der Waals surface area (Å²) in [6, 6.07) is 10.3. The summed E-state index contributed by atoms with van der Waals surface area (Å²) in [5, 5.41) is 10.1. The number of nitrogens with two attached hydrogens (primary N) is 1. The largest absolute Gasteiger partial charge is 0.384 e. The van der Waals surface area contributed by atoms with Crippen molar-refractivity contribution in [3.05, 3.63) is 74.1 Å². The molecule has 2 aromatic rings. The minimum absolute atomic E-state index is 0.0434. The van der Waals surface area contributed by atoms with E-state index in [2.05, 4.69) is 26.0 Å². The topological polar surface area (TPSA) is 70.1 Å². The summed E-state index contributed by atoms with van der Waals surface area (Å²) in [7, 11) is 0. The van der Waals surface area contributed by atoms with Crippen molar-refractivity contribution in [2.45, 2.75) is 46.5 Å². The van der Waals surface area contributed by atoms with Crippen LogP contribution in [0.15, 0.2) is 53.0 Å². The molecule has 4 nitrogen and oxygen atoms in total. The number of ketones is 1. The number of nitrogens with zero attached hydrogens (tertiary/aromatic N) is 2. The van der Waals surface area contributed by atoms with Crippen molar-refractivity contribution in [1.29, 1.82) is 5.26 Å². The van der Waals surface area contributed by atoms with Crippen LogP contribution in [0, 0.1) is 36.4 Å². The highest BCUT2D eigenvalue weighted by Crippen LogP contribution is 2.51. The summed E-state index contributed by atoms with van der Waals surface area (Å²) in [4.78, 5) is 17.4. The van der Waals surface area contributed by atoms with Crippen LogP contribution in [0.1, 0.15) is 47.9 Å². The summed E-state index contributed by atoms with van der Waals surface area (Å²) in [5.41, 5.74) is 9.79. The first-order valence-corrected chi connectivity index (χ1v) is 10.7. The summed E-state index contributed by atoms with van der Waals surface area (Å²) in [6.07, 6.45) is 1.06. The number of allylic oxidation sites excluding steroid dienone is 3. The van der Waals surface area contributed by atoms with Crippen LogP contribution in [0.25, 0.3) is 0 Å². The second kappa shape index (κ2) is 7.10. The maximum atomic E-state index is 13.6. The van der Waals surface area contributed by atoms with Crippen molar-refractivity contribution in [3.63, 3.8) is 0 Å². The number of Topliss-reactive ketones (excluding diaryl/α,β-unsaturated/α-hetero) is 1. The van der Waals surface area contributed by atoms with E-state index in [1.165, 1.54) is 12.1 Å². The first-order valence-electron chi connectivity index (χ1n) is 9.91. The smallest absolute Gasteiger partial charge is 0.162 e. The normalized spacial score (nSPS) is 21.0. The second-order valence-corrected chi connectivity index (χ2v) is 10.3. The van der Waals surface area contributed by atoms with Gasteiger partial charge in [0.1, 0.15) is 11.6 Å². The number of halogens is 1. The van der Waals surface area contributed by atoms with Gasteiger partial charge in [-0.05, 0) is 61.6 Å². The summed E-state index contributed by atoms with van der Waals surface area (Å²) in [6.45, 7) is 8.16. The van der Waals surface area contributed by atoms with E-state index in [4.69, 9.17) is 5.73 Å². The van der Waals surface area contributed by atoms with Crippen LogP contribution in [-0.2, 0) is 4.79 Å². The van der Waals surface area contributed by atoms with Crippen molar-refractivity contribution >= 4 is 22.8 Å². The predicted molar refractivity (Wildman–Crippen MR) is 117 cm³/mol. The third kappa shape index (κ3) is 3.23. The Balaban J connectivity index is 2.01. The number of nitriles is 1. The van der Waals surface area contributed by atoms with E-state index >= 15 is 0 Å². The highest BCUT2D eigenvalue weighted by molar-refractivity contribution is 7.12. The molecule has 0 saturated heterocycles. The van der Waals surface area contributed by atoms with Gasteiger partial charge >= 0.3 is 0 Å². The predicted octanol–water partition coefficient (Wildman–Crippen LogP) is 5.44. The maximum Gasteiger partial charge on any atom is 0.162 e. The summed E-state index contributed by atoms with van der Waals surface area (Å²) >= 11 is 1.65. The van der Waals surface area contributed by atoms with Gasteiger partial charge in [-0.25, -0.2) is 4.39 Å². The lowest BCUT2D eigenvalue weighted by Crippen LogP contribution is -2.42. The fourth-order valence-corrected chi connectivity index (χ4v) is 5.61. The molecule has 0 amide bonds. The van der Waals surface area contributed by atoms with Crippen LogP contribution in [0.5, 0.6) is 0 Å². The molecular weight excluding hydrogens is 397 g/mol. The van der Waals surface area contributed by atoms with Crippen LogP contribution in [0.4, 0.5) is 10.1 Å². The van der Waals surface area contributed by atoms with Crippen molar-refractivity contribution in [2.24, 2.45) is 11.1 Å². The van der Waals surface area contributed by atoms with Crippen LogP contribution in [0.2, 0.25) is 0 Å². The molecule has 0 bridgehead atoms. The quantitative estimate of drug-likeness (QED) is 0.700. The van der Waals surface area contributed by atoms with Crippen LogP contribution >= 0.6 is 11.3 Å². The molecule has 1 aromatic carbocycles. The van der Waals surface area contributed by atoms with Gasteiger partial charge in [0, 0.05) is 33.1 Å². The number of hydrogen-bond donors (Lipinski definition) is 1. The van der Waals surface area contributed by atoms with Gasteiger partial charge < -0.3 is 5.73 Å². The number of carbonyl (C=O) groups is 1. The summed E-state index contributed by atoms with van der Waals surface area (Å²) in [5.74, 6) is -0.464.